The van der Waals surface area contributed by atoms with Crippen molar-refractivity contribution in [2.75, 3.05) is 6.61 Å². The Labute approximate surface area is 112 Å². The van der Waals surface area contributed by atoms with E-state index in [9.17, 15) is 32.2 Å². The highest BCUT2D eigenvalue weighted by Crippen LogP contribution is 2.39. The minimum atomic E-state index is -5.64. The summed E-state index contributed by atoms with van der Waals surface area (Å²) in [5, 5.41) is 34.0. The topological polar surface area (TPSA) is 225 Å². The molecule has 1 rings (SSSR count). The van der Waals surface area contributed by atoms with Crippen LogP contribution in [0.3, 0.4) is 0 Å². The standard InChI is InChI=1S/C6H13NO11S2/c7-4-5(10,19(12,13)14)3(9)2(1-8)18-6(4,11)20(15,16)17/h2-4,8-11H,1,7H2,(H,12,13,14)(H,15,16,17)/t2-,3-,4-,5-,6?/m1/s1. The van der Waals surface area contributed by atoms with Crippen molar-refractivity contribution in [3.63, 3.8) is 0 Å². The molecular weight excluding hydrogens is 326 g/mol. The monoisotopic (exact) mass is 339 g/mol. The first-order chi connectivity index (χ1) is 8.73. The highest BCUT2D eigenvalue weighted by molar-refractivity contribution is 7.88. The largest absolute Gasteiger partial charge is 0.394 e. The molecule has 0 amide bonds. The molecule has 0 radical (unpaired) electrons. The van der Waals surface area contributed by atoms with Gasteiger partial charge in [-0.1, -0.05) is 0 Å². The molecule has 14 heteroatoms. The molecule has 0 aromatic rings. The van der Waals surface area contributed by atoms with Gasteiger partial charge in [-0.25, -0.2) is 0 Å². The Morgan fingerprint density at radius 3 is 1.85 bits per heavy atom. The molecule has 0 bridgehead atoms. The Morgan fingerprint density at radius 1 is 1.10 bits per heavy atom. The quantitative estimate of drug-likeness (QED) is 0.240. The minimum Gasteiger partial charge on any atom is -0.394 e. The van der Waals surface area contributed by atoms with Gasteiger partial charge in [-0.15, -0.1) is 0 Å². The zero-order chi connectivity index (χ0) is 16.1. The second-order valence-corrected chi connectivity index (χ2v) is 7.23. The third-order valence-corrected chi connectivity index (χ3v) is 5.31. The first-order valence-corrected chi connectivity index (χ1v) is 7.72. The van der Waals surface area contributed by atoms with Crippen molar-refractivity contribution in [3.8, 4) is 0 Å². The van der Waals surface area contributed by atoms with Gasteiger partial charge in [0.15, 0.2) is 0 Å². The number of nitrogens with two attached hydrogens (primary N) is 1. The van der Waals surface area contributed by atoms with E-state index in [0.29, 0.717) is 0 Å². The fourth-order valence-electron chi connectivity index (χ4n) is 1.74. The van der Waals surface area contributed by atoms with Crippen LogP contribution in [0.15, 0.2) is 0 Å². The van der Waals surface area contributed by atoms with E-state index in [1.807, 2.05) is 0 Å². The number of ether oxygens (including phenoxy) is 1. The van der Waals surface area contributed by atoms with Crippen molar-refractivity contribution in [1.29, 1.82) is 0 Å². The molecule has 20 heavy (non-hydrogen) atoms. The normalized spacial score (nSPS) is 43.5. The maximum absolute atomic E-state index is 11.1. The van der Waals surface area contributed by atoms with Crippen LogP contribution in [-0.2, 0) is 25.0 Å². The van der Waals surface area contributed by atoms with Crippen LogP contribution in [0.1, 0.15) is 0 Å². The van der Waals surface area contributed by atoms with E-state index in [4.69, 9.17) is 19.9 Å². The molecule has 0 saturated carbocycles. The lowest BCUT2D eigenvalue weighted by molar-refractivity contribution is -0.285. The van der Waals surface area contributed by atoms with Gasteiger partial charge in [0.1, 0.15) is 18.2 Å². The first-order valence-electron chi connectivity index (χ1n) is 4.84. The van der Waals surface area contributed by atoms with Crippen molar-refractivity contribution in [2.45, 2.75) is 28.3 Å². The van der Waals surface area contributed by atoms with Gasteiger partial charge in [0, 0.05) is 0 Å². The van der Waals surface area contributed by atoms with E-state index >= 15 is 0 Å². The SMILES string of the molecule is N[C@H]1C(O)(S(=O)(=O)O)O[C@H](CO)[C@@H](O)[C@@]1(O)S(=O)(=O)O. The van der Waals surface area contributed by atoms with Crippen LogP contribution >= 0.6 is 0 Å². The predicted molar refractivity (Wildman–Crippen MR) is 58.9 cm³/mol. The molecule has 0 aromatic carbocycles. The summed E-state index contributed by atoms with van der Waals surface area (Å²) in [4.78, 5) is -3.82. The predicted octanol–water partition coefficient (Wildman–Crippen LogP) is -4.82. The molecule has 1 unspecified atom stereocenters. The summed E-state index contributed by atoms with van der Waals surface area (Å²) < 4.78 is 66.4. The second kappa shape index (κ2) is 4.80. The summed E-state index contributed by atoms with van der Waals surface area (Å²) >= 11 is 0. The first kappa shape index (κ1) is 17.6. The molecule has 5 atom stereocenters. The lowest BCUT2D eigenvalue weighted by Gasteiger charge is -2.48. The van der Waals surface area contributed by atoms with Gasteiger partial charge in [-0.2, -0.15) is 16.8 Å². The van der Waals surface area contributed by atoms with E-state index in [2.05, 4.69) is 4.74 Å². The van der Waals surface area contributed by atoms with Gasteiger partial charge in [-0.3, -0.25) is 9.11 Å². The second-order valence-electron chi connectivity index (χ2n) is 4.09. The molecule has 0 aromatic heterocycles. The molecule has 1 aliphatic rings. The number of hydrogen-bond donors (Lipinski definition) is 7. The smallest absolute Gasteiger partial charge is 0.323 e. The fraction of sp³-hybridized carbons (Fsp3) is 1.00. The molecule has 0 spiro atoms. The average Bonchev–Trinajstić information content (AvgIpc) is 2.28. The van der Waals surface area contributed by atoms with Gasteiger partial charge in [0.2, 0.25) is 4.93 Å². The molecule has 1 fully saturated rings. The van der Waals surface area contributed by atoms with Crippen molar-refractivity contribution < 1.29 is 51.1 Å². The highest BCUT2D eigenvalue weighted by atomic mass is 32.2. The summed E-state index contributed by atoms with van der Waals surface area (Å²) in [7, 11) is -11.3. The van der Waals surface area contributed by atoms with Gasteiger partial charge in [0.05, 0.1) is 6.61 Å². The Bertz CT molecular complexity index is 586. The third kappa shape index (κ3) is 2.23. The maximum Gasteiger partial charge on any atom is 0.323 e. The molecule has 12 nitrogen and oxygen atoms in total. The van der Waals surface area contributed by atoms with Crippen molar-refractivity contribution in [3.05, 3.63) is 0 Å². The van der Waals surface area contributed by atoms with E-state index in [1.54, 1.807) is 0 Å². The highest BCUT2D eigenvalue weighted by Gasteiger charge is 2.71. The van der Waals surface area contributed by atoms with Crippen LogP contribution < -0.4 is 5.73 Å². The summed E-state index contributed by atoms with van der Waals surface area (Å²) in [6.07, 6.45) is -4.80. The third-order valence-electron chi connectivity index (χ3n) is 2.90. The van der Waals surface area contributed by atoms with Crippen LogP contribution in [0.5, 0.6) is 0 Å². The molecule has 120 valence electrons. The van der Waals surface area contributed by atoms with Crippen LogP contribution in [0.2, 0.25) is 0 Å². The van der Waals surface area contributed by atoms with E-state index < -0.39 is 55.1 Å². The van der Waals surface area contributed by atoms with Crippen LogP contribution in [0, 0.1) is 0 Å². The molecular formula is C6H13NO11S2. The van der Waals surface area contributed by atoms with Crippen molar-refractivity contribution in [1.82, 2.24) is 0 Å². The van der Waals surface area contributed by atoms with Crippen LogP contribution in [-0.4, -0.2) is 81.3 Å². The molecule has 1 aliphatic heterocycles. The summed E-state index contributed by atoms with van der Waals surface area (Å²) in [6.45, 7) is -1.27. The van der Waals surface area contributed by atoms with Gasteiger partial charge >= 0.3 is 15.2 Å². The summed E-state index contributed by atoms with van der Waals surface area (Å²) in [5.74, 6) is 0. The minimum absolute atomic E-state index is 1.27. The molecule has 8 N–H and O–H groups in total. The molecule has 1 heterocycles. The fourth-order valence-corrected chi connectivity index (χ4v) is 3.50. The number of aliphatic hydroxyl groups is 4. The zero-order valence-corrected chi connectivity index (χ0v) is 11.2. The number of aliphatic hydroxyl groups excluding tert-OH is 2. The average molecular weight is 339 g/mol. The van der Waals surface area contributed by atoms with Gasteiger partial charge < -0.3 is 30.9 Å². The van der Waals surface area contributed by atoms with E-state index in [1.165, 1.54) is 0 Å². The van der Waals surface area contributed by atoms with Crippen molar-refractivity contribution in [2.24, 2.45) is 5.73 Å². The zero-order valence-electron chi connectivity index (χ0n) is 9.56. The van der Waals surface area contributed by atoms with Crippen molar-refractivity contribution >= 4 is 20.2 Å². The number of rotatable bonds is 3. The maximum atomic E-state index is 11.1. The van der Waals surface area contributed by atoms with Gasteiger partial charge in [0.25, 0.3) is 10.1 Å². The van der Waals surface area contributed by atoms with Crippen LogP contribution in [0.4, 0.5) is 0 Å². The lowest BCUT2D eigenvalue weighted by atomic mass is 9.96. The number of hydrogen-bond acceptors (Lipinski definition) is 10. The Hall–Kier alpha value is -0.420. The summed E-state index contributed by atoms with van der Waals surface area (Å²) in [5.41, 5.74) is 5.03. The molecule has 1 saturated heterocycles. The molecule has 0 aliphatic carbocycles. The van der Waals surface area contributed by atoms with E-state index in [-0.39, 0.29) is 0 Å². The van der Waals surface area contributed by atoms with Crippen LogP contribution in [0.25, 0.3) is 0 Å². The Kier molecular flexibility index (Phi) is 4.23. The Balaban J connectivity index is 3.61. The Morgan fingerprint density at radius 2 is 1.55 bits per heavy atom. The lowest BCUT2D eigenvalue weighted by Crippen LogP contribution is -2.78. The van der Waals surface area contributed by atoms with E-state index in [0.717, 1.165) is 0 Å². The summed E-state index contributed by atoms with van der Waals surface area (Å²) in [6, 6.07) is -2.90. The van der Waals surface area contributed by atoms with Gasteiger partial charge in [-0.05, 0) is 0 Å².